The fourth-order valence-electron chi connectivity index (χ4n) is 3.05. The number of nitrogens with two attached hydrogens (primary N) is 1. The fraction of sp³-hybridized carbons (Fsp3) is 1.00. The van der Waals surface area contributed by atoms with Gasteiger partial charge in [0.25, 0.3) is 0 Å². The van der Waals surface area contributed by atoms with E-state index in [1.54, 1.807) is 0 Å². The van der Waals surface area contributed by atoms with E-state index in [-0.39, 0.29) is 13.0 Å². The Morgan fingerprint density at radius 2 is 1.52 bits per heavy atom. The molecule has 0 radical (unpaired) electrons. The first-order valence-corrected chi connectivity index (χ1v) is 7.50. The zero-order chi connectivity index (χ0) is 17.3. The summed E-state index contributed by atoms with van der Waals surface area (Å²) in [6.45, 7) is -0.992. The minimum absolute atomic E-state index is 0.177. The van der Waals surface area contributed by atoms with Crippen LogP contribution in [0.5, 0.6) is 0 Å². The van der Waals surface area contributed by atoms with Crippen molar-refractivity contribution in [1.82, 2.24) is 0 Å². The zero-order valence-corrected chi connectivity index (χ0v) is 12.4. The first-order valence-electron chi connectivity index (χ1n) is 7.50. The standard InChI is InChI=1S/C13H25NO9/c14-5-1-4(2-15)12(10(20)7(5)17)23-13-11(21)9(19)8(18)6(3-16)22-13/h4-13,15-21H,1-3,14H2/t4?,5-,6?,7+,8-,9?,10+,11?,12+,13-/m0/s1. The van der Waals surface area contributed by atoms with Crippen molar-refractivity contribution in [2.45, 2.75) is 61.5 Å². The van der Waals surface area contributed by atoms with Crippen molar-refractivity contribution < 1.29 is 45.2 Å². The molecule has 0 amide bonds. The van der Waals surface area contributed by atoms with Gasteiger partial charge < -0.3 is 51.0 Å². The largest absolute Gasteiger partial charge is 0.396 e. The van der Waals surface area contributed by atoms with Gasteiger partial charge in [0.15, 0.2) is 6.29 Å². The topological polar surface area (TPSA) is 186 Å². The molecule has 9 N–H and O–H groups in total. The predicted molar refractivity (Wildman–Crippen MR) is 73.8 cm³/mol. The summed E-state index contributed by atoms with van der Waals surface area (Å²) in [5.74, 6) is -0.615. The van der Waals surface area contributed by atoms with Crippen molar-refractivity contribution in [2.75, 3.05) is 13.2 Å². The second kappa shape index (κ2) is 7.66. The Morgan fingerprint density at radius 1 is 0.870 bits per heavy atom. The summed E-state index contributed by atoms with van der Waals surface area (Å²) in [6.07, 6.45) is -11.0. The van der Waals surface area contributed by atoms with Crippen LogP contribution in [0.4, 0.5) is 0 Å². The molecule has 2 aliphatic rings. The van der Waals surface area contributed by atoms with Crippen LogP contribution in [0, 0.1) is 5.92 Å². The monoisotopic (exact) mass is 339 g/mol. The fourth-order valence-corrected chi connectivity index (χ4v) is 3.05. The lowest BCUT2D eigenvalue weighted by Gasteiger charge is -2.45. The smallest absolute Gasteiger partial charge is 0.187 e. The lowest BCUT2D eigenvalue weighted by Crippen LogP contribution is -2.63. The van der Waals surface area contributed by atoms with Gasteiger partial charge in [-0.15, -0.1) is 0 Å². The molecule has 136 valence electrons. The van der Waals surface area contributed by atoms with Crippen LogP contribution in [-0.4, -0.2) is 104 Å². The normalized spacial score (nSPS) is 51.7. The second-order valence-electron chi connectivity index (χ2n) is 6.12. The highest BCUT2D eigenvalue weighted by atomic mass is 16.7. The van der Waals surface area contributed by atoms with Gasteiger partial charge in [-0.3, -0.25) is 0 Å². The Bertz CT molecular complexity index is 382. The molecular formula is C13H25NO9. The van der Waals surface area contributed by atoms with Gasteiger partial charge in [0.1, 0.15) is 30.5 Å². The van der Waals surface area contributed by atoms with Gasteiger partial charge in [-0.05, 0) is 6.42 Å². The van der Waals surface area contributed by atoms with E-state index in [4.69, 9.17) is 20.3 Å². The van der Waals surface area contributed by atoms with E-state index < -0.39 is 67.6 Å². The van der Waals surface area contributed by atoms with Crippen molar-refractivity contribution >= 4 is 0 Å². The summed E-state index contributed by atoms with van der Waals surface area (Å²) < 4.78 is 10.6. The van der Waals surface area contributed by atoms with E-state index in [9.17, 15) is 30.6 Å². The third kappa shape index (κ3) is 3.66. The molecule has 10 heteroatoms. The summed E-state index contributed by atoms with van der Waals surface area (Å²) >= 11 is 0. The number of rotatable bonds is 4. The minimum atomic E-state index is -1.63. The molecule has 2 fully saturated rings. The molecule has 1 saturated carbocycles. The van der Waals surface area contributed by atoms with E-state index >= 15 is 0 Å². The highest BCUT2D eigenvalue weighted by Crippen LogP contribution is 2.31. The van der Waals surface area contributed by atoms with Crippen LogP contribution in [0.2, 0.25) is 0 Å². The summed E-state index contributed by atoms with van der Waals surface area (Å²) in [7, 11) is 0. The molecule has 10 nitrogen and oxygen atoms in total. The summed E-state index contributed by atoms with van der Waals surface area (Å²) in [5.41, 5.74) is 5.68. The maximum Gasteiger partial charge on any atom is 0.187 e. The lowest BCUT2D eigenvalue weighted by molar-refractivity contribution is -0.328. The van der Waals surface area contributed by atoms with Crippen molar-refractivity contribution in [1.29, 1.82) is 0 Å². The van der Waals surface area contributed by atoms with Crippen molar-refractivity contribution in [3.63, 3.8) is 0 Å². The van der Waals surface area contributed by atoms with Crippen LogP contribution >= 0.6 is 0 Å². The van der Waals surface area contributed by atoms with Crippen molar-refractivity contribution in [2.24, 2.45) is 11.7 Å². The van der Waals surface area contributed by atoms with Gasteiger partial charge in [-0.1, -0.05) is 0 Å². The molecule has 1 aliphatic heterocycles. The van der Waals surface area contributed by atoms with Gasteiger partial charge in [0.05, 0.1) is 18.8 Å². The molecule has 1 heterocycles. The van der Waals surface area contributed by atoms with Gasteiger partial charge in [-0.2, -0.15) is 0 Å². The third-order valence-electron chi connectivity index (χ3n) is 4.54. The van der Waals surface area contributed by atoms with Crippen LogP contribution in [0.15, 0.2) is 0 Å². The zero-order valence-electron chi connectivity index (χ0n) is 12.4. The molecular weight excluding hydrogens is 314 g/mol. The Balaban J connectivity index is 2.11. The highest BCUT2D eigenvalue weighted by molar-refractivity contribution is 4.97. The molecule has 4 unspecified atom stereocenters. The van der Waals surface area contributed by atoms with Crippen LogP contribution in [0.3, 0.4) is 0 Å². The minimum Gasteiger partial charge on any atom is -0.396 e. The first kappa shape index (κ1) is 18.9. The molecule has 23 heavy (non-hydrogen) atoms. The van der Waals surface area contributed by atoms with Crippen LogP contribution in [0.1, 0.15) is 6.42 Å². The number of aliphatic hydroxyl groups excluding tert-OH is 7. The van der Waals surface area contributed by atoms with Crippen LogP contribution in [0.25, 0.3) is 0 Å². The second-order valence-corrected chi connectivity index (χ2v) is 6.12. The molecule has 1 aliphatic carbocycles. The molecule has 10 atom stereocenters. The Labute approximate surface area is 132 Å². The molecule has 0 aromatic rings. The van der Waals surface area contributed by atoms with Gasteiger partial charge in [0.2, 0.25) is 0 Å². The number of hydrogen-bond acceptors (Lipinski definition) is 10. The number of ether oxygens (including phenoxy) is 2. The first-order chi connectivity index (χ1) is 10.8. The van der Waals surface area contributed by atoms with Crippen molar-refractivity contribution in [3.8, 4) is 0 Å². The molecule has 0 spiro atoms. The molecule has 0 aromatic heterocycles. The Kier molecular flexibility index (Phi) is 6.30. The van der Waals surface area contributed by atoms with E-state index in [1.165, 1.54) is 0 Å². The number of hydrogen-bond donors (Lipinski definition) is 8. The number of aliphatic hydroxyl groups is 7. The highest BCUT2D eigenvalue weighted by Gasteiger charge is 2.49. The molecule has 0 bridgehead atoms. The van der Waals surface area contributed by atoms with E-state index in [0.29, 0.717) is 0 Å². The van der Waals surface area contributed by atoms with E-state index in [2.05, 4.69) is 0 Å². The third-order valence-corrected chi connectivity index (χ3v) is 4.54. The Hall–Kier alpha value is -0.400. The summed E-state index contributed by atoms with van der Waals surface area (Å²) in [5, 5.41) is 67.9. The van der Waals surface area contributed by atoms with Crippen molar-refractivity contribution in [3.05, 3.63) is 0 Å². The predicted octanol–water partition coefficient (Wildman–Crippen LogP) is -4.77. The van der Waals surface area contributed by atoms with Crippen LogP contribution in [-0.2, 0) is 9.47 Å². The maximum atomic E-state index is 10.1. The molecule has 2 rings (SSSR count). The molecule has 1 saturated heterocycles. The summed E-state index contributed by atoms with van der Waals surface area (Å²) in [4.78, 5) is 0. The van der Waals surface area contributed by atoms with Crippen LogP contribution < -0.4 is 5.73 Å². The Morgan fingerprint density at radius 3 is 2.09 bits per heavy atom. The van der Waals surface area contributed by atoms with Gasteiger partial charge in [0, 0.05) is 18.6 Å². The lowest BCUT2D eigenvalue weighted by atomic mass is 9.80. The average molecular weight is 339 g/mol. The quantitative estimate of drug-likeness (QED) is 0.247. The van der Waals surface area contributed by atoms with Gasteiger partial charge in [-0.25, -0.2) is 0 Å². The summed E-state index contributed by atoms with van der Waals surface area (Å²) in [6, 6.07) is -0.739. The van der Waals surface area contributed by atoms with E-state index in [0.717, 1.165) is 0 Å². The SMILES string of the molecule is N[C@H]1CC(CO)[C@@H](O[C@@H]2OC(CO)[C@H](O)C(O)C2O)[C@H](O)[C@@H]1O. The van der Waals surface area contributed by atoms with E-state index in [1.807, 2.05) is 0 Å². The average Bonchev–Trinajstić information content (AvgIpc) is 2.55. The van der Waals surface area contributed by atoms with Gasteiger partial charge >= 0.3 is 0 Å². The molecule has 0 aromatic carbocycles. The maximum absolute atomic E-state index is 10.1.